The zero-order chi connectivity index (χ0) is 37.9. The Kier molecular flexibility index (Phi) is 19.2. The Bertz CT molecular complexity index is 1390. The average Bonchev–Trinajstić information content (AvgIpc) is 3.61. The number of hydrogen-bond acceptors (Lipinski definition) is 12. The third-order valence-corrected chi connectivity index (χ3v) is 8.87. The number of amides is 3. The first kappa shape index (κ1) is 43.1. The zero-order valence-electron chi connectivity index (χ0n) is 30.5. The molecule has 51 heavy (non-hydrogen) atoms. The van der Waals surface area contributed by atoms with E-state index in [-0.39, 0.29) is 30.7 Å². The summed E-state index contributed by atoms with van der Waals surface area (Å²) in [4.78, 5) is 61.3. The molecule has 1 heterocycles. The Morgan fingerprint density at radius 2 is 1.57 bits per heavy atom. The van der Waals surface area contributed by atoms with Crippen LogP contribution in [0.3, 0.4) is 0 Å². The Hall–Kier alpha value is -4.04. The second-order valence-corrected chi connectivity index (χ2v) is 13.6. The number of carbonyl (C=O) groups is 5. The summed E-state index contributed by atoms with van der Waals surface area (Å²) in [7, 11) is -1.97. The summed E-state index contributed by atoms with van der Waals surface area (Å²) in [5.41, 5.74) is 0.505. The van der Waals surface area contributed by atoms with Crippen LogP contribution in [0, 0.1) is 17.8 Å². The van der Waals surface area contributed by atoms with Gasteiger partial charge in [-0.2, -0.15) is 0 Å². The standard InChI is InChI=1S/C35H52N3O12P/c1-8-11-12-13-28(29(9-2)38(44)20-39)32(40)36-19-37-33(41)31-15-14-30(50-31)25-16-26(45-10-3)18-27(17-25)51(48-21-46-34(42)23(4)5)49-22-47-35(43)24(6)7/h14-18,20,23-24,28-29,44H,8-13,19,21-22H2,1-7H3,(H,36,40)(H,37,41). The van der Waals surface area contributed by atoms with Crippen molar-refractivity contribution < 1.29 is 56.9 Å². The van der Waals surface area contributed by atoms with E-state index >= 15 is 0 Å². The second kappa shape index (κ2) is 22.7. The van der Waals surface area contributed by atoms with E-state index in [1.807, 2.05) is 13.8 Å². The third kappa shape index (κ3) is 14.2. The van der Waals surface area contributed by atoms with Gasteiger partial charge in [0.2, 0.25) is 20.7 Å². The molecule has 0 radical (unpaired) electrons. The van der Waals surface area contributed by atoms with E-state index in [4.69, 9.17) is 27.7 Å². The quantitative estimate of drug-likeness (QED) is 0.0241. The molecule has 2 rings (SSSR count). The molecular weight excluding hydrogens is 685 g/mol. The van der Waals surface area contributed by atoms with Gasteiger partial charge in [-0.05, 0) is 50.1 Å². The van der Waals surface area contributed by atoms with Crippen LogP contribution in [0.25, 0.3) is 11.3 Å². The largest absolute Gasteiger partial charge is 0.494 e. The number of unbranched alkanes of at least 4 members (excludes halogenated alkanes) is 2. The molecule has 1 aromatic carbocycles. The maximum atomic E-state index is 13.1. The van der Waals surface area contributed by atoms with E-state index in [1.54, 1.807) is 58.9 Å². The number of hydrogen-bond donors (Lipinski definition) is 3. The van der Waals surface area contributed by atoms with Gasteiger partial charge in [0.05, 0.1) is 37.1 Å². The van der Waals surface area contributed by atoms with Gasteiger partial charge in [0.1, 0.15) is 11.5 Å². The Balaban J connectivity index is 2.23. The normalized spacial score (nSPS) is 12.4. The predicted octanol–water partition coefficient (Wildman–Crippen LogP) is 5.26. The topological polar surface area (TPSA) is 192 Å². The highest BCUT2D eigenvalue weighted by molar-refractivity contribution is 7.56. The van der Waals surface area contributed by atoms with E-state index in [9.17, 15) is 29.2 Å². The van der Waals surface area contributed by atoms with Crippen LogP contribution in [0.4, 0.5) is 0 Å². The van der Waals surface area contributed by atoms with Gasteiger partial charge in [-0.25, -0.2) is 5.06 Å². The molecule has 0 saturated carbocycles. The van der Waals surface area contributed by atoms with E-state index in [2.05, 4.69) is 10.6 Å². The summed E-state index contributed by atoms with van der Waals surface area (Å²) in [6.07, 6.45) is 3.68. The molecule has 284 valence electrons. The number of carbonyl (C=O) groups excluding carboxylic acids is 5. The molecular formula is C35H52N3O12P. The fourth-order valence-electron chi connectivity index (χ4n) is 4.76. The lowest BCUT2D eigenvalue weighted by Crippen LogP contribution is -2.47. The lowest BCUT2D eigenvalue weighted by Gasteiger charge is -2.29. The first-order chi connectivity index (χ1) is 24.4. The molecule has 0 aliphatic heterocycles. The van der Waals surface area contributed by atoms with Crippen molar-refractivity contribution in [2.24, 2.45) is 17.8 Å². The molecule has 0 saturated heterocycles. The summed E-state index contributed by atoms with van der Waals surface area (Å²) in [5.74, 6) is -2.64. The smallest absolute Gasteiger partial charge is 0.310 e. The van der Waals surface area contributed by atoms with Crippen LogP contribution in [0.5, 0.6) is 5.75 Å². The van der Waals surface area contributed by atoms with E-state index in [0.717, 1.165) is 19.3 Å². The van der Waals surface area contributed by atoms with E-state index in [1.165, 1.54) is 6.07 Å². The summed E-state index contributed by atoms with van der Waals surface area (Å²) < 4.78 is 33.6. The number of ether oxygens (including phenoxy) is 3. The summed E-state index contributed by atoms with van der Waals surface area (Å²) in [6, 6.07) is 7.42. The predicted molar refractivity (Wildman–Crippen MR) is 188 cm³/mol. The molecule has 0 bridgehead atoms. The van der Waals surface area contributed by atoms with Crippen molar-refractivity contribution in [2.75, 3.05) is 26.9 Å². The van der Waals surface area contributed by atoms with Crippen LogP contribution in [0.2, 0.25) is 0 Å². The maximum absolute atomic E-state index is 13.1. The van der Waals surface area contributed by atoms with Gasteiger partial charge in [0, 0.05) is 10.9 Å². The molecule has 3 N–H and O–H groups in total. The molecule has 0 aliphatic rings. The van der Waals surface area contributed by atoms with Crippen LogP contribution in [-0.4, -0.2) is 73.3 Å². The number of nitrogens with zero attached hydrogens (tertiary/aromatic N) is 1. The van der Waals surface area contributed by atoms with Crippen LogP contribution < -0.4 is 20.7 Å². The Labute approximate surface area is 300 Å². The number of benzene rings is 1. The molecule has 2 unspecified atom stereocenters. The lowest BCUT2D eigenvalue weighted by molar-refractivity contribution is -0.168. The summed E-state index contributed by atoms with van der Waals surface area (Å²) in [6.45, 7) is 11.7. The SMILES string of the molecule is CCCCCC(C(=O)NCNC(=O)c1ccc(-c2cc(OCC)cc(P(OCOC(=O)C(C)C)OCOC(=O)C(C)C)c2)o1)C(CC)N(O)C=O. The van der Waals surface area contributed by atoms with Crippen molar-refractivity contribution in [1.82, 2.24) is 15.7 Å². The molecule has 3 amide bonds. The van der Waals surface area contributed by atoms with Crippen molar-refractivity contribution in [3.05, 3.63) is 36.1 Å². The molecule has 1 aromatic heterocycles. The fourth-order valence-corrected chi connectivity index (χ4v) is 5.90. The van der Waals surface area contributed by atoms with E-state index in [0.29, 0.717) is 46.9 Å². The fraction of sp³-hybridized carbons (Fsp3) is 0.571. The summed E-state index contributed by atoms with van der Waals surface area (Å²) >= 11 is 0. The number of nitrogens with one attached hydrogen (secondary N) is 2. The average molecular weight is 738 g/mol. The Morgan fingerprint density at radius 3 is 2.12 bits per heavy atom. The minimum atomic E-state index is -1.97. The van der Waals surface area contributed by atoms with Crippen molar-refractivity contribution >= 4 is 43.8 Å². The molecule has 2 atom stereocenters. The highest BCUT2D eigenvalue weighted by Gasteiger charge is 2.31. The number of furan rings is 1. The minimum absolute atomic E-state index is 0.0352. The Morgan fingerprint density at radius 1 is 0.922 bits per heavy atom. The van der Waals surface area contributed by atoms with Crippen molar-refractivity contribution in [2.45, 2.75) is 86.6 Å². The van der Waals surface area contributed by atoms with Gasteiger partial charge in [0.25, 0.3) is 5.91 Å². The van der Waals surface area contributed by atoms with Gasteiger partial charge in [-0.3, -0.25) is 38.2 Å². The van der Waals surface area contributed by atoms with Gasteiger partial charge in [0.15, 0.2) is 19.3 Å². The minimum Gasteiger partial charge on any atom is -0.494 e. The molecule has 0 aliphatic carbocycles. The van der Waals surface area contributed by atoms with E-state index < -0.39 is 57.7 Å². The molecule has 0 spiro atoms. The summed E-state index contributed by atoms with van der Waals surface area (Å²) in [5, 5.41) is 16.3. The number of rotatable bonds is 24. The van der Waals surface area contributed by atoms with Crippen LogP contribution >= 0.6 is 8.38 Å². The van der Waals surface area contributed by atoms with Gasteiger partial charge in [-0.15, -0.1) is 0 Å². The molecule has 16 heteroatoms. The molecule has 0 fully saturated rings. The number of hydroxylamine groups is 2. The van der Waals surface area contributed by atoms with Crippen LogP contribution in [0.1, 0.15) is 91.1 Å². The first-order valence-corrected chi connectivity index (χ1v) is 18.3. The van der Waals surface area contributed by atoms with Gasteiger partial charge >= 0.3 is 11.9 Å². The van der Waals surface area contributed by atoms with Crippen LogP contribution in [0.15, 0.2) is 34.7 Å². The highest BCUT2D eigenvalue weighted by atomic mass is 31.2. The second-order valence-electron chi connectivity index (χ2n) is 12.1. The third-order valence-electron chi connectivity index (χ3n) is 7.51. The highest BCUT2D eigenvalue weighted by Crippen LogP contribution is 2.40. The lowest BCUT2D eigenvalue weighted by atomic mass is 9.90. The van der Waals surface area contributed by atoms with Crippen molar-refractivity contribution in [3.8, 4) is 17.1 Å². The zero-order valence-corrected chi connectivity index (χ0v) is 31.4. The maximum Gasteiger partial charge on any atom is 0.310 e. The van der Waals surface area contributed by atoms with Crippen molar-refractivity contribution in [3.63, 3.8) is 0 Å². The molecule has 15 nitrogen and oxygen atoms in total. The van der Waals surface area contributed by atoms with Gasteiger partial charge in [-0.1, -0.05) is 60.8 Å². The first-order valence-electron chi connectivity index (χ1n) is 17.1. The monoisotopic (exact) mass is 737 g/mol. The molecule has 2 aromatic rings. The van der Waals surface area contributed by atoms with Crippen molar-refractivity contribution in [1.29, 1.82) is 0 Å². The van der Waals surface area contributed by atoms with Gasteiger partial charge < -0.3 is 29.3 Å². The number of esters is 2. The van der Waals surface area contributed by atoms with Crippen LogP contribution in [-0.2, 0) is 37.7 Å².